The van der Waals surface area contributed by atoms with Gasteiger partial charge in [-0.1, -0.05) is 36.4 Å². The van der Waals surface area contributed by atoms with Gasteiger partial charge in [-0.05, 0) is 36.5 Å². The maximum absolute atomic E-state index is 4.65. The van der Waals surface area contributed by atoms with Gasteiger partial charge in [-0.2, -0.15) is 0 Å². The van der Waals surface area contributed by atoms with Gasteiger partial charge in [0.15, 0.2) is 5.96 Å². The molecule has 1 unspecified atom stereocenters. The number of hydrogen-bond acceptors (Lipinski definition) is 3. The predicted octanol–water partition coefficient (Wildman–Crippen LogP) is 3.25. The van der Waals surface area contributed by atoms with Gasteiger partial charge in [0.05, 0.1) is 0 Å². The van der Waals surface area contributed by atoms with Gasteiger partial charge in [0.1, 0.15) is 5.82 Å². The number of likely N-dealkylation sites (tertiary alicyclic amines) is 1. The Bertz CT molecular complexity index is 750. The van der Waals surface area contributed by atoms with Crippen molar-refractivity contribution in [3.8, 4) is 0 Å². The molecule has 142 valence electrons. The van der Waals surface area contributed by atoms with Gasteiger partial charge in [0.2, 0.25) is 0 Å². The zero-order valence-corrected chi connectivity index (χ0v) is 16.1. The Morgan fingerprint density at radius 1 is 1.11 bits per heavy atom. The summed E-state index contributed by atoms with van der Waals surface area (Å²) in [5.74, 6) is 2.68. The summed E-state index contributed by atoms with van der Waals surface area (Å²) in [6, 6.07) is 15.1. The Balaban J connectivity index is 1.32. The molecule has 1 aromatic carbocycles. The first-order chi connectivity index (χ1) is 13.3. The highest BCUT2D eigenvalue weighted by Gasteiger charge is 2.25. The number of rotatable bonds is 4. The quantitative estimate of drug-likeness (QED) is 0.669. The topological polar surface area (TPSA) is 43.8 Å². The molecule has 5 heteroatoms. The molecule has 3 heterocycles. The molecule has 0 saturated carbocycles. The fraction of sp³-hybridized carbons (Fsp3) is 0.455. The number of aliphatic imine (C=N–C) groups is 1. The van der Waals surface area contributed by atoms with Crippen molar-refractivity contribution in [3.05, 3.63) is 59.8 Å². The summed E-state index contributed by atoms with van der Waals surface area (Å²) in [6.45, 7) is 5.09. The van der Waals surface area contributed by atoms with Crippen molar-refractivity contribution < 1.29 is 0 Å². The smallest absolute Gasteiger partial charge is 0.193 e. The highest BCUT2D eigenvalue weighted by molar-refractivity contribution is 5.80. The number of anilines is 1. The molecule has 0 aliphatic carbocycles. The average Bonchev–Trinajstić information content (AvgIpc) is 3.42. The van der Waals surface area contributed by atoms with Crippen LogP contribution in [0.5, 0.6) is 0 Å². The summed E-state index contributed by atoms with van der Waals surface area (Å²) in [5.41, 5.74) is 2.62. The molecule has 5 nitrogen and oxygen atoms in total. The molecule has 1 atom stereocenters. The Morgan fingerprint density at radius 2 is 1.93 bits per heavy atom. The molecule has 0 bridgehead atoms. The third kappa shape index (κ3) is 4.24. The van der Waals surface area contributed by atoms with Crippen LogP contribution >= 0.6 is 0 Å². The number of nitrogens with zero attached hydrogens (tertiary/aromatic N) is 4. The van der Waals surface area contributed by atoms with Crippen LogP contribution in [-0.4, -0.2) is 49.1 Å². The second kappa shape index (κ2) is 8.42. The minimum Gasteiger partial charge on any atom is -0.357 e. The molecule has 2 aliphatic heterocycles. The minimum absolute atomic E-state index is 0.589. The van der Waals surface area contributed by atoms with Crippen molar-refractivity contribution in [2.75, 3.05) is 38.1 Å². The van der Waals surface area contributed by atoms with E-state index in [1.54, 1.807) is 0 Å². The minimum atomic E-state index is 0.589. The van der Waals surface area contributed by atoms with E-state index < -0.39 is 0 Å². The Morgan fingerprint density at radius 3 is 2.63 bits per heavy atom. The highest BCUT2D eigenvalue weighted by Crippen LogP contribution is 2.27. The van der Waals surface area contributed by atoms with Crippen molar-refractivity contribution in [3.63, 3.8) is 0 Å². The summed E-state index contributed by atoms with van der Waals surface area (Å²) in [6.07, 6.45) is 5.73. The van der Waals surface area contributed by atoms with Crippen LogP contribution in [-0.2, 0) is 6.54 Å². The van der Waals surface area contributed by atoms with Gasteiger partial charge in [-0.25, -0.2) is 4.98 Å². The molecule has 2 aromatic rings. The van der Waals surface area contributed by atoms with E-state index in [4.69, 9.17) is 0 Å². The van der Waals surface area contributed by atoms with Gasteiger partial charge >= 0.3 is 0 Å². The molecule has 2 aliphatic rings. The number of benzene rings is 1. The first kappa shape index (κ1) is 17.8. The van der Waals surface area contributed by atoms with Crippen LogP contribution in [0.1, 0.15) is 36.3 Å². The molecule has 1 N–H and O–H groups in total. The van der Waals surface area contributed by atoms with Gasteiger partial charge in [0, 0.05) is 51.9 Å². The Kier molecular flexibility index (Phi) is 5.56. The summed E-state index contributed by atoms with van der Waals surface area (Å²) in [4.78, 5) is 13.9. The lowest BCUT2D eigenvalue weighted by Gasteiger charge is -2.22. The van der Waals surface area contributed by atoms with Crippen LogP contribution in [0.3, 0.4) is 0 Å². The van der Waals surface area contributed by atoms with Gasteiger partial charge < -0.3 is 15.1 Å². The van der Waals surface area contributed by atoms with E-state index in [1.807, 2.05) is 13.2 Å². The summed E-state index contributed by atoms with van der Waals surface area (Å²) < 4.78 is 0. The van der Waals surface area contributed by atoms with E-state index in [0.29, 0.717) is 5.92 Å². The van der Waals surface area contributed by atoms with E-state index in [1.165, 1.54) is 30.4 Å². The van der Waals surface area contributed by atoms with Crippen LogP contribution < -0.4 is 10.2 Å². The lowest BCUT2D eigenvalue weighted by molar-refractivity contribution is 0.486. The third-order valence-corrected chi connectivity index (χ3v) is 5.66. The lowest BCUT2D eigenvalue weighted by atomic mass is 9.99. The van der Waals surface area contributed by atoms with Crippen molar-refractivity contribution in [2.45, 2.75) is 31.7 Å². The molecule has 4 rings (SSSR count). The third-order valence-electron chi connectivity index (χ3n) is 5.66. The summed E-state index contributed by atoms with van der Waals surface area (Å²) >= 11 is 0. The molecule has 2 saturated heterocycles. The second-order valence-electron chi connectivity index (χ2n) is 7.46. The molecule has 0 radical (unpaired) electrons. The van der Waals surface area contributed by atoms with Gasteiger partial charge in [-0.3, -0.25) is 4.99 Å². The maximum Gasteiger partial charge on any atom is 0.193 e. The lowest BCUT2D eigenvalue weighted by Crippen LogP contribution is -2.39. The van der Waals surface area contributed by atoms with Crippen LogP contribution in [0, 0.1) is 0 Å². The van der Waals surface area contributed by atoms with E-state index in [-0.39, 0.29) is 0 Å². The molecule has 27 heavy (non-hydrogen) atoms. The maximum atomic E-state index is 4.65. The van der Waals surface area contributed by atoms with E-state index in [0.717, 1.165) is 44.5 Å². The van der Waals surface area contributed by atoms with Crippen molar-refractivity contribution in [2.24, 2.45) is 4.99 Å². The number of aromatic nitrogens is 1. The normalized spacial score (nSPS) is 20.3. The number of pyridine rings is 1. The van der Waals surface area contributed by atoms with Gasteiger partial charge in [0.25, 0.3) is 0 Å². The largest absolute Gasteiger partial charge is 0.357 e. The van der Waals surface area contributed by atoms with E-state index in [9.17, 15) is 0 Å². The summed E-state index contributed by atoms with van der Waals surface area (Å²) in [5, 5.41) is 3.51. The van der Waals surface area contributed by atoms with Crippen LogP contribution in [0.2, 0.25) is 0 Å². The van der Waals surface area contributed by atoms with Gasteiger partial charge in [-0.15, -0.1) is 0 Å². The molecule has 0 amide bonds. The molecular formula is C22H29N5. The van der Waals surface area contributed by atoms with Crippen LogP contribution in [0.15, 0.2) is 53.7 Å². The molecular weight excluding hydrogens is 334 g/mol. The fourth-order valence-electron chi connectivity index (χ4n) is 4.12. The molecule has 1 aromatic heterocycles. The number of nitrogens with one attached hydrogen (secondary N) is 1. The number of hydrogen-bond donors (Lipinski definition) is 1. The fourth-order valence-corrected chi connectivity index (χ4v) is 4.12. The van der Waals surface area contributed by atoms with E-state index >= 15 is 0 Å². The standard InChI is InChI=1S/C22H29N5/c1-23-22(27-14-11-20(17-27)19-7-3-2-4-8-19)25-16-18-9-10-21(24-15-18)26-12-5-6-13-26/h2-4,7-10,15,20H,5-6,11-14,16-17H2,1H3,(H,23,25). The van der Waals surface area contributed by atoms with E-state index in [2.05, 4.69) is 67.6 Å². The zero-order valence-electron chi connectivity index (χ0n) is 16.1. The molecule has 2 fully saturated rings. The van der Waals surface area contributed by atoms with Crippen LogP contribution in [0.4, 0.5) is 5.82 Å². The summed E-state index contributed by atoms with van der Waals surface area (Å²) in [7, 11) is 1.87. The average molecular weight is 364 g/mol. The number of guanidine groups is 1. The highest BCUT2D eigenvalue weighted by atomic mass is 15.3. The predicted molar refractivity (Wildman–Crippen MR) is 111 cm³/mol. The Labute approximate surface area is 162 Å². The zero-order chi connectivity index (χ0) is 18.5. The van der Waals surface area contributed by atoms with Crippen LogP contribution in [0.25, 0.3) is 0 Å². The second-order valence-corrected chi connectivity index (χ2v) is 7.46. The first-order valence-corrected chi connectivity index (χ1v) is 10.0. The molecule has 0 spiro atoms. The van der Waals surface area contributed by atoms with Crippen molar-refractivity contribution in [1.29, 1.82) is 0 Å². The van der Waals surface area contributed by atoms with Crippen molar-refractivity contribution >= 4 is 11.8 Å². The first-order valence-electron chi connectivity index (χ1n) is 10.0. The van der Waals surface area contributed by atoms with Crippen molar-refractivity contribution in [1.82, 2.24) is 15.2 Å². The SMILES string of the molecule is CN=C(NCc1ccc(N2CCCC2)nc1)N1CCC(c2ccccc2)C1. The monoisotopic (exact) mass is 363 g/mol. The Hall–Kier alpha value is -2.56.